The van der Waals surface area contributed by atoms with Gasteiger partial charge in [-0.05, 0) is 52.3 Å². The molecule has 0 bridgehead atoms. The van der Waals surface area contributed by atoms with Crippen LogP contribution in [0.5, 0.6) is 5.75 Å². The number of amides is 2. The van der Waals surface area contributed by atoms with Gasteiger partial charge in [0.1, 0.15) is 5.75 Å². The Kier molecular flexibility index (Phi) is 8.28. The lowest BCUT2D eigenvalue weighted by atomic mass is 10.1. The molecule has 0 aliphatic rings. The van der Waals surface area contributed by atoms with Crippen molar-refractivity contribution in [2.24, 2.45) is 0 Å². The number of hydrogen-bond acceptors (Lipinski definition) is 6. The summed E-state index contributed by atoms with van der Waals surface area (Å²) >= 11 is 1.36. The third-order valence-electron chi connectivity index (χ3n) is 4.23. The molecule has 0 aliphatic heterocycles. The van der Waals surface area contributed by atoms with E-state index in [2.05, 4.69) is 20.8 Å². The molecule has 2 rings (SSSR count). The Labute approximate surface area is 182 Å². The van der Waals surface area contributed by atoms with Crippen molar-refractivity contribution >= 4 is 23.6 Å². The van der Waals surface area contributed by atoms with E-state index in [1.54, 1.807) is 7.11 Å². The molecule has 0 aliphatic carbocycles. The quantitative estimate of drug-likeness (QED) is 0.590. The van der Waals surface area contributed by atoms with Crippen molar-refractivity contribution in [2.75, 3.05) is 7.11 Å². The summed E-state index contributed by atoms with van der Waals surface area (Å²) in [6.45, 7) is 10.6. The number of nitrogens with zero attached hydrogens (tertiary/aromatic N) is 3. The average molecular weight is 434 g/mol. The SMILES string of the molecule is CCn1c(CNC(=O)Cc2ccc(OC)cc2)nnc1S[C@@H](C)C(=O)NC(C)(C)C. The van der Waals surface area contributed by atoms with Crippen LogP contribution in [0.2, 0.25) is 0 Å². The molecule has 0 spiro atoms. The van der Waals surface area contributed by atoms with Gasteiger partial charge in [-0.3, -0.25) is 9.59 Å². The zero-order valence-corrected chi connectivity index (χ0v) is 19.3. The van der Waals surface area contributed by atoms with E-state index in [0.717, 1.165) is 11.3 Å². The number of carbonyl (C=O) groups is 2. The molecule has 30 heavy (non-hydrogen) atoms. The molecule has 9 heteroatoms. The Balaban J connectivity index is 1.94. The largest absolute Gasteiger partial charge is 0.497 e. The van der Waals surface area contributed by atoms with Gasteiger partial charge in [0.05, 0.1) is 25.3 Å². The van der Waals surface area contributed by atoms with Gasteiger partial charge in [0.15, 0.2) is 11.0 Å². The van der Waals surface area contributed by atoms with Crippen molar-refractivity contribution in [3.05, 3.63) is 35.7 Å². The molecule has 0 saturated heterocycles. The third-order valence-corrected chi connectivity index (χ3v) is 5.31. The molecule has 0 unspecified atom stereocenters. The van der Waals surface area contributed by atoms with Gasteiger partial charge in [-0.25, -0.2) is 0 Å². The summed E-state index contributed by atoms with van der Waals surface area (Å²) in [5.74, 6) is 1.27. The van der Waals surface area contributed by atoms with Gasteiger partial charge in [0.25, 0.3) is 0 Å². The van der Waals surface area contributed by atoms with E-state index in [-0.39, 0.29) is 35.6 Å². The van der Waals surface area contributed by atoms with Gasteiger partial charge < -0.3 is 19.9 Å². The minimum absolute atomic E-state index is 0.0486. The van der Waals surface area contributed by atoms with Crippen molar-refractivity contribution in [1.82, 2.24) is 25.4 Å². The summed E-state index contributed by atoms with van der Waals surface area (Å²) in [6.07, 6.45) is 0.274. The molecule has 2 aromatic rings. The molecule has 1 atom stereocenters. The number of aromatic nitrogens is 3. The molecule has 0 saturated carbocycles. The summed E-state index contributed by atoms with van der Waals surface area (Å²) in [6, 6.07) is 7.39. The third kappa shape index (κ3) is 7.05. The number of carbonyl (C=O) groups excluding carboxylic acids is 2. The molecule has 1 aromatic heterocycles. The van der Waals surface area contributed by atoms with Crippen LogP contribution >= 0.6 is 11.8 Å². The standard InChI is InChI=1S/C21H31N5O3S/c1-7-26-17(13-22-18(27)12-15-8-10-16(29-6)11-9-15)24-25-20(26)30-14(2)19(28)23-21(3,4)5/h8-11,14H,7,12-13H2,1-6H3,(H,22,27)(H,23,28)/t14-/m0/s1. The minimum Gasteiger partial charge on any atom is -0.497 e. The predicted molar refractivity (Wildman–Crippen MR) is 117 cm³/mol. The van der Waals surface area contributed by atoms with Gasteiger partial charge in [-0.2, -0.15) is 0 Å². The lowest BCUT2D eigenvalue weighted by molar-refractivity contribution is -0.122. The molecule has 0 fully saturated rings. The van der Waals surface area contributed by atoms with Crippen LogP contribution in [0, 0.1) is 0 Å². The Morgan fingerprint density at radius 3 is 2.43 bits per heavy atom. The first-order valence-electron chi connectivity index (χ1n) is 9.93. The van der Waals surface area contributed by atoms with Crippen LogP contribution in [-0.2, 0) is 29.1 Å². The number of rotatable bonds is 9. The number of ether oxygens (including phenoxy) is 1. The summed E-state index contributed by atoms with van der Waals surface area (Å²) in [7, 11) is 1.61. The highest BCUT2D eigenvalue weighted by Crippen LogP contribution is 2.23. The highest BCUT2D eigenvalue weighted by Gasteiger charge is 2.23. The van der Waals surface area contributed by atoms with Crippen molar-refractivity contribution in [1.29, 1.82) is 0 Å². The second-order valence-corrected chi connectivity index (χ2v) is 9.25. The number of thioether (sulfide) groups is 1. The summed E-state index contributed by atoms with van der Waals surface area (Å²) < 4.78 is 7.04. The van der Waals surface area contributed by atoms with Gasteiger partial charge in [0, 0.05) is 12.1 Å². The number of methoxy groups -OCH3 is 1. The van der Waals surface area contributed by atoms with E-state index < -0.39 is 0 Å². The van der Waals surface area contributed by atoms with Gasteiger partial charge in [-0.1, -0.05) is 23.9 Å². The first-order valence-corrected chi connectivity index (χ1v) is 10.8. The molecule has 0 radical (unpaired) electrons. The lowest BCUT2D eigenvalue weighted by Gasteiger charge is -2.22. The molecule has 1 heterocycles. The highest BCUT2D eigenvalue weighted by molar-refractivity contribution is 8.00. The van der Waals surface area contributed by atoms with E-state index in [0.29, 0.717) is 17.5 Å². The first kappa shape index (κ1) is 23.7. The van der Waals surface area contributed by atoms with Crippen LogP contribution in [0.1, 0.15) is 46.0 Å². The van der Waals surface area contributed by atoms with Crippen LogP contribution in [0.3, 0.4) is 0 Å². The lowest BCUT2D eigenvalue weighted by Crippen LogP contribution is -2.44. The second-order valence-electron chi connectivity index (χ2n) is 7.94. The van der Waals surface area contributed by atoms with Crippen LogP contribution in [0.25, 0.3) is 0 Å². The smallest absolute Gasteiger partial charge is 0.233 e. The van der Waals surface area contributed by atoms with E-state index >= 15 is 0 Å². The molecule has 2 amide bonds. The second kappa shape index (κ2) is 10.5. The molecule has 8 nitrogen and oxygen atoms in total. The van der Waals surface area contributed by atoms with Crippen LogP contribution in [0.15, 0.2) is 29.4 Å². The molecule has 1 aromatic carbocycles. The fourth-order valence-corrected chi connectivity index (χ4v) is 3.64. The average Bonchev–Trinajstić information content (AvgIpc) is 3.07. The maximum absolute atomic E-state index is 12.3. The van der Waals surface area contributed by atoms with Crippen LogP contribution < -0.4 is 15.4 Å². The van der Waals surface area contributed by atoms with Gasteiger partial charge in [0.2, 0.25) is 11.8 Å². The molecule has 164 valence electrons. The Hall–Kier alpha value is -2.55. The number of benzene rings is 1. The van der Waals surface area contributed by atoms with E-state index in [9.17, 15) is 9.59 Å². The molecular formula is C21H31N5O3S. The Bertz CT molecular complexity index is 859. The maximum atomic E-state index is 12.3. The fourth-order valence-electron chi connectivity index (χ4n) is 2.71. The monoisotopic (exact) mass is 433 g/mol. The van der Waals surface area contributed by atoms with Crippen molar-refractivity contribution in [2.45, 2.75) is 70.1 Å². The normalized spacial score (nSPS) is 12.3. The van der Waals surface area contributed by atoms with Gasteiger partial charge >= 0.3 is 0 Å². The molecule has 2 N–H and O–H groups in total. The maximum Gasteiger partial charge on any atom is 0.233 e. The van der Waals surface area contributed by atoms with E-state index in [1.165, 1.54) is 11.8 Å². The van der Waals surface area contributed by atoms with E-state index in [4.69, 9.17) is 4.74 Å². The minimum atomic E-state index is -0.309. The number of nitrogens with one attached hydrogen (secondary N) is 2. The van der Waals surface area contributed by atoms with Crippen LogP contribution in [0.4, 0.5) is 0 Å². The first-order chi connectivity index (χ1) is 14.1. The Morgan fingerprint density at radius 1 is 1.20 bits per heavy atom. The molecular weight excluding hydrogens is 402 g/mol. The topological polar surface area (TPSA) is 98.1 Å². The van der Waals surface area contributed by atoms with Gasteiger partial charge in [-0.15, -0.1) is 10.2 Å². The summed E-state index contributed by atoms with van der Waals surface area (Å²) in [5, 5.41) is 14.6. The summed E-state index contributed by atoms with van der Waals surface area (Å²) in [5.41, 5.74) is 0.615. The van der Waals surface area contributed by atoms with Crippen molar-refractivity contribution in [3.8, 4) is 5.75 Å². The van der Waals surface area contributed by atoms with Crippen LogP contribution in [-0.4, -0.2) is 44.5 Å². The highest BCUT2D eigenvalue weighted by atomic mass is 32.2. The Morgan fingerprint density at radius 2 is 1.87 bits per heavy atom. The fraction of sp³-hybridized carbons (Fsp3) is 0.524. The van der Waals surface area contributed by atoms with Crippen molar-refractivity contribution < 1.29 is 14.3 Å². The zero-order valence-electron chi connectivity index (χ0n) is 18.5. The predicted octanol–water partition coefficient (Wildman–Crippen LogP) is 2.56. The van der Waals surface area contributed by atoms with Crippen molar-refractivity contribution in [3.63, 3.8) is 0 Å². The van der Waals surface area contributed by atoms with E-state index in [1.807, 2.05) is 63.5 Å². The number of hydrogen-bond donors (Lipinski definition) is 2. The summed E-state index contributed by atoms with van der Waals surface area (Å²) in [4.78, 5) is 24.6. The zero-order chi connectivity index (χ0) is 22.3.